The Morgan fingerprint density at radius 3 is 2.82 bits per heavy atom. The SMILES string of the molecule is C[C@H](OC(=O)[C@H]1CCC(=O)N1)C(=O)NCc1ccccc1Cl. The number of nitrogens with one attached hydrogen (secondary N) is 2. The van der Waals surface area contributed by atoms with Gasteiger partial charge in [0.05, 0.1) is 0 Å². The van der Waals surface area contributed by atoms with Crippen LogP contribution < -0.4 is 10.6 Å². The highest BCUT2D eigenvalue weighted by atomic mass is 35.5. The molecule has 7 heteroatoms. The van der Waals surface area contributed by atoms with E-state index in [1.54, 1.807) is 18.2 Å². The molecule has 22 heavy (non-hydrogen) atoms. The van der Waals surface area contributed by atoms with E-state index in [4.69, 9.17) is 16.3 Å². The van der Waals surface area contributed by atoms with Gasteiger partial charge in [0.2, 0.25) is 5.91 Å². The zero-order valence-electron chi connectivity index (χ0n) is 12.1. The molecule has 0 saturated carbocycles. The molecule has 2 amide bonds. The van der Waals surface area contributed by atoms with Gasteiger partial charge in [-0.25, -0.2) is 4.79 Å². The fourth-order valence-electron chi connectivity index (χ4n) is 2.07. The molecule has 1 aliphatic heterocycles. The number of hydrogen-bond acceptors (Lipinski definition) is 4. The minimum absolute atomic E-state index is 0.183. The topological polar surface area (TPSA) is 84.5 Å². The maximum absolute atomic E-state index is 11.9. The van der Waals surface area contributed by atoms with Crippen molar-refractivity contribution in [3.05, 3.63) is 34.9 Å². The maximum atomic E-state index is 11.9. The largest absolute Gasteiger partial charge is 0.451 e. The summed E-state index contributed by atoms with van der Waals surface area (Å²) in [5.41, 5.74) is 0.777. The molecule has 1 heterocycles. The van der Waals surface area contributed by atoms with Crippen molar-refractivity contribution in [3.63, 3.8) is 0 Å². The molecule has 0 unspecified atom stereocenters. The van der Waals surface area contributed by atoms with Crippen LogP contribution in [0.4, 0.5) is 0 Å². The molecule has 1 aromatic carbocycles. The number of halogens is 1. The van der Waals surface area contributed by atoms with Crippen molar-refractivity contribution in [2.75, 3.05) is 0 Å². The van der Waals surface area contributed by atoms with Crippen LogP contribution in [-0.4, -0.2) is 29.9 Å². The highest BCUT2D eigenvalue weighted by molar-refractivity contribution is 6.31. The Bertz CT molecular complexity index is 591. The summed E-state index contributed by atoms with van der Waals surface area (Å²) in [5.74, 6) is -1.19. The van der Waals surface area contributed by atoms with Crippen molar-refractivity contribution >= 4 is 29.4 Å². The van der Waals surface area contributed by atoms with Gasteiger partial charge < -0.3 is 15.4 Å². The van der Waals surface area contributed by atoms with Gasteiger partial charge in [-0.15, -0.1) is 0 Å². The summed E-state index contributed by atoms with van der Waals surface area (Å²) < 4.78 is 5.06. The quantitative estimate of drug-likeness (QED) is 0.796. The number of carbonyl (C=O) groups excluding carboxylic acids is 3. The molecule has 1 saturated heterocycles. The molecular formula is C15H17ClN2O4. The third-order valence-electron chi connectivity index (χ3n) is 3.35. The van der Waals surface area contributed by atoms with Crippen molar-refractivity contribution < 1.29 is 19.1 Å². The highest BCUT2D eigenvalue weighted by Crippen LogP contribution is 2.14. The summed E-state index contributed by atoms with van der Waals surface area (Å²) in [6.45, 7) is 1.73. The van der Waals surface area contributed by atoms with Crippen molar-refractivity contribution in [1.29, 1.82) is 0 Å². The molecule has 0 aromatic heterocycles. The van der Waals surface area contributed by atoms with E-state index in [1.807, 2.05) is 6.07 Å². The van der Waals surface area contributed by atoms with Crippen LogP contribution in [0.3, 0.4) is 0 Å². The van der Waals surface area contributed by atoms with E-state index in [1.165, 1.54) is 6.92 Å². The first kappa shape index (κ1) is 16.3. The highest BCUT2D eigenvalue weighted by Gasteiger charge is 2.30. The van der Waals surface area contributed by atoms with Crippen LogP contribution in [-0.2, 0) is 25.7 Å². The van der Waals surface area contributed by atoms with E-state index < -0.39 is 24.0 Å². The molecule has 1 aromatic rings. The second-order valence-electron chi connectivity index (χ2n) is 5.05. The van der Waals surface area contributed by atoms with Gasteiger partial charge in [-0.1, -0.05) is 29.8 Å². The lowest BCUT2D eigenvalue weighted by atomic mass is 10.2. The standard InChI is InChI=1S/C15H17ClN2O4/c1-9(22-15(21)12-6-7-13(19)18-12)14(20)17-8-10-4-2-3-5-11(10)16/h2-5,9,12H,6-8H2,1H3,(H,17,20)(H,18,19)/t9-,12+/m0/s1. The summed E-state index contributed by atoms with van der Waals surface area (Å²) in [6, 6.07) is 6.49. The Hall–Kier alpha value is -2.08. The van der Waals surface area contributed by atoms with Crippen LogP contribution in [0.1, 0.15) is 25.3 Å². The number of ether oxygens (including phenoxy) is 1. The minimum atomic E-state index is -0.938. The number of esters is 1. The average molecular weight is 325 g/mol. The Morgan fingerprint density at radius 1 is 1.45 bits per heavy atom. The van der Waals surface area contributed by atoms with Gasteiger partial charge in [0.25, 0.3) is 5.91 Å². The van der Waals surface area contributed by atoms with E-state index >= 15 is 0 Å². The van der Waals surface area contributed by atoms with E-state index in [0.717, 1.165) is 5.56 Å². The fourth-order valence-corrected chi connectivity index (χ4v) is 2.27. The second kappa shape index (κ2) is 7.26. The zero-order valence-corrected chi connectivity index (χ0v) is 12.9. The van der Waals surface area contributed by atoms with Crippen LogP contribution in [0.2, 0.25) is 5.02 Å². The van der Waals surface area contributed by atoms with Crippen molar-refractivity contribution in [1.82, 2.24) is 10.6 Å². The monoisotopic (exact) mass is 324 g/mol. The molecule has 0 radical (unpaired) electrons. The number of benzene rings is 1. The average Bonchev–Trinajstić information content (AvgIpc) is 2.92. The Balaban J connectivity index is 1.81. The van der Waals surface area contributed by atoms with Gasteiger partial charge in [0, 0.05) is 18.0 Å². The summed E-state index contributed by atoms with van der Waals surface area (Å²) >= 11 is 5.99. The predicted octanol–water partition coefficient (Wildman–Crippen LogP) is 1.17. The Morgan fingerprint density at radius 2 is 2.18 bits per heavy atom. The lowest BCUT2D eigenvalue weighted by molar-refractivity contribution is -0.156. The molecule has 1 aliphatic rings. The third kappa shape index (κ3) is 4.21. The Kier molecular flexibility index (Phi) is 5.38. The molecule has 1 fully saturated rings. The van der Waals surface area contributed by atoms with Crippen molar-refractivity contribution in [2.24, 2.45) is 0 Å². The van der Waals surface area contributed by atoms with Crippen LogP contribution in [0, 0.1) is 0 Å². The summed E-state index contributed by atoms with van der Waals surface area (Å²) in [5, 5.41) is 5.71. The lowest BCUT2D eigenvalue weighted by Crippen LogP contribution is -2.41. The van der Waals surface area contributed by atoms with E-state index in [9.17, 15) is 14.4 Å². The molecule has 2 N–H and O–H groups in total. The number of amides is 2. The normalized spacial score (nSPS) is 18.5. The zero-order chi connectivity index (χ0) is 16.1. The fraction of sp³-hybridized carbons (Fsp3) is 0.400. The van der Waals surface area contributed by atoms with Crippen molar-refractivity contribution in [2.45, 2.75) is 38.5 Å². The van der Waals surface area contributed by atoms with Crippen LogP contribution in [0.5, 0.6) is 0 Å². The number of hydrogen-bond donors (Lipinski definition) is 2. The molecule has 0 aliphatic carbocycles. The van der Waals surface area contributed by atoms with Gasteiger partial charge in [0.15, 0.2) is 6.10 Å². The number of carbonyl (C=O) groups is 3. The van der Waals surface area contributed by atoms with E-state index in [-0.39, 0.29) is 12.5 Å². The first-order valence-corrected chi connectivity index (χ1v) is 7.36. The first-order chi connectivity index (χ1) is 10.5. The Labute approximate surface area is 133 Å². The van der Waals surface area contributed by atoms with Gasteiger partial charge in [-0.3, -0.25) is 9.59 Å². The van der Waals surface area contributed by atoms with Crippen LogP contribution in [0.25, 0.3) is 0 Å². The van der Waals surface area contributed by atoms with Crippen LogP contribution in [0.15, 0.2) is 24.3 Å². The smallest absolute Gasteiger partial charge is 0.329 e. The van der Waals surface area contributed by atoms with E-state index in [2.05, 4.69) is 10.6 Å². The first-order valence-electron chi connectivity index (χ1n) is 6.98. The van der Waals surface area contributed by atoms with Gasteiger partial charge in [-0.05, 0) is 25.0 Å². The molecule has 2 atom stereocenters. The lowest BCUT2D eigenvalue weighted by Gasteiger charge is -2.16. The molecule has 0 bridgehead atoms. The van der Waals surface area contributed by atoms with Gasteiger partial charge >= 0.3 is 5.97 Å². The van der Waals surface area contributed by atoms with Gasteiger partial charge in [0.1, 0.15) is 6.04 Å². The summed E-state index contributed by atoms with van der Waals surface area (Å²) in [4.78, 5) is 34.8. The molecule has 0 spiro atoms. The summed E-state index contributed by atoms with van der Waals surface area (Å²) in [7, 11) is 0. The maximum Gasteiger partial charge on any atom is 0.329 e. The molecule has 6 nitrogen and oxygen atoms in total. The second-order valence-corrected chi connectivity index (χ2v) is 5.45. The molecular weight excluding hydrogens is 308 g/mol. The van der Waals surface area contributed by atoms with E-state index in [0.29, 0.717) is 17.9 Å². The van der Waals surface area contributed by atoms with Gasteiger partial charge in [-0.2, -0.15) is 0 Å². The minimum Gasteiger partial charge on any atom is -0.451 e. The summed E-state index contributed by atoms with van der Waals surface area (Å²) in [6.07, 6.45) is -0.245. The number of rotatable bonds is 5. The predicted molar refractivity (Wildman–Crippen MR) is 80.0 cm³/mol. The molecule has 2 rings (SSSR count). The third-order valence-corrected chi connectivity index (χ3v) is 3.72. The van der Waals surface area contributed by atoms with Crippen molar-refractivity contribution in [3.8, 4) is 0 Å². The van der Waals surface area contributed by atoms with Crippen LogP contribution >= 0.6 is 11.6 Å². The molecule has 118 valence electrons.